The molecule has 1 unspecified atom stereocenters. The summed E-state index contributed by atoms with van der Waals surface area (Å²) in [4.78, 5) is 25.2. The highest BCUT2D eigenvalue weighted by Crippen LogP contribution is 2.30. The fourth-order valence-corrected chi connectivity index (χ4v) is 3.89. The van der Waals surface area contributed by atoms with Gasteiger partial charge in [-0.05, 0) is 41.9 Å². The first-order chi connectivity index (χ1) is 14.9. The van der Waals surface area contributed by atoms with Crippen LogP contribution in [0.5, 0.6) is 0 Å². The van der Waals surface area contributed by atoms with E-state index in [0.29, 0.717) is 24.3 Å². The van der Waals surface area contributed by atoms with E-state index >= 15 is 0 Å². The quantitative estimate of drug-likeness (QED) is 0.255. The summed E-state index contributed by atoms with van der Waals surface area (Å²) < 4.78 is 15.5. The predicted octanol–water partition coefficient (Wildman–Crippen LogP) is 5.49. The van der Waals surface area contributed by atoms with E-state index in [1.807, 2.05) is 36.4 Å². The van der Waals surface area contributed by atoms with Crippen LogP contribution in [0.3, 0.4) is 0 Å². The highest BCUT2D eigenvalue weighted by atomic mass is 16.7. The Hall–Kier alpha value is -2.50. The van der Waals surface area contributed by atoms with E-state index in [1.54, 1.807) is 14.2 Å². The van der Waals surface area contributed by atoms with Gasteiger partial charge in [-0.2, -0.15) is 0 Å². The van der Waals surface area contributed by atoms with Crippen molar-refractivity contribution in [3.05, 3.63) is 70.8 Å². The molecule has 0 N–H and O–H groups in total. The van der Waals surface area contributed by atoms with E-state index in [0.717, 1.165) is 17.5 Å². The Bertz CT molecular complexity index is 840. The van der Waals surface area contributed by atoms with Crippen molar-refractivity contribution in [1.29, 1.82) is 0 Å². The minimum absolute atomic E-state index is 0.0576. The summed E-state index contributed by atoms with van der Waals surface area (Å²) >= 11 is 0. The molecule has 0 saturated heterocycles. The summed E-state index contributed by atoms with van der Waals surface area (Å²) in [5.41, 5.74) is 3.39. The third-order valence-electron chi connectivity index (χ3n) is 5.42. The first-order valence-corrected chi connectivity index (χ1v) is 10.7. The third kappa shape index (κ3) is 7.30. The largest absolute Gasteiger partial charge is 0.469 e. The number of methoxy groups -OCH3 is 3. The summed E-state index contributed by atoms with van der Waals surface area (Å²) in [7, 11) is 4.50. The van der Waals surface area contributed by atoms with Gasteiger partial charge in [0.05, 0.1) is 7.11 Å². The normalized spacial score (nSPS) is 12.2. The molecular formula is C26H34O5. The van der Waals surface area contributed by atoms with E-state index < -0.39 is 6.29 Å². The molecule has 0 aromatic heterocycles. The van der Waals surface area contributed by atoms with E-state index in [4.69, 9.17) is 14.2 Å². The molecule has 0 saturated carbocycles. The topological polar surface area (TPSA) is 61.8 Å². The molecule has 0 spiro atoms. The summed E-state index contributed by atoms with van der Waals surface area (Å²) in [5.74, 6) is 0.360. The van der Waals surface area contributed by atoms with Crippen molar-refractivity contribution in [1.82, 2.24) is 0 Å². The highest BCUT2D eigenvalue weighted by molar-refractivity contribution is 5.98. The number of benzene rings is 2. The summed E-state index contributed by atoms with van der Waals surface area (Å²) in [6.45, 7) is 4.34. The fourth-order valence-electron chi connectivity index (χ4n) is 3.89. The molecule has 0 fully saturated rings. The van der Waals surface area contributed by atoms with Gasteiger partial charge in [0.25, 0.3) is 0 Å². The monoisotopic (exact) mass is 426 g/mol. The zero-order valence-electron chi connectivity index (χ0n) is 19.2. The molecule has 0 radical (unpaired) electrons. The predicted molar refractivity (Wildman–Crippen MR) is 121 cm³/mol. The number of ketones is 1. The van der Waals surface area contributed by atoms with Crippen LogP contribution in [0.4, 0.5) is 0 Å². The smallest absolute Gasteiger partial charge is 0.305 e. The zero-order valence-corrected chi connectivity index (χ0v) is 19.2. The molecule has 0 amide bonds. The van der Waals surface area contributed by atoms with Crippen LogP contribution >= 0.6 is 0 Å². The maximum atomic E-state index is 13.5. The van der Waals surface area contributed by atoms with Crippen LogP contribution in [0.1, 0.15) is 72.4 Å². The van der Waals surface area contributed by atoms with Crippen LogP contribution in [0.25, 0.3) is 0 Å². The number of Topliss-reactive ketones (excluding diaryl/α,β-unsaturated/α-hetero) is 1. The Morgan fingerprint density at radius 3 is 2.16 bits per heavy atom. The van der Waals surface area contributed by atoms with E-state index in [-0.39, 0.29) is 24.1 Å². The number of hydrogen-bond donors (Lipinski definition) is 0. The Morgan fingerprint density at radius 1 is 0.903 bits per heavy atom. The Labute approximate surface area is 185 Å². The van der Waals surface area contributed by atoms with Crippen LogP contribution in [0.15, 0.2) is 48.5 Å². The number of carbonyl (C=O) groups excluding carboxylic acids is 2. The van der Waals surface area contributed by atoms with Gasteiger partial charge in [-0.1, -0.05) is 56.3 Å². The molecule has 2 aromatic carbocycles. The van der Waals surface area contributed by atoms with Gasteiger partial charge in [-0.15, -0.1) is 0 Å². The molecule has 1 atom stereocenters. The van der Waals surface area contributed by atoms with Crippen molar-refractivity contribution in [3.8, 4) is 0 Å². The van der Waals surface area contributed by atoms with Gasteiger partial charge in [-0.25, -0.2) is 0 Å². The molecule has 0 aliphatic rings. The Balaban J connectivity index is 2.36. The van der Waals surface area contributed by atoms with Crippen molar-refractivity contribution in [3.63, 3.8) is 0 Å². The zero-order chi connectivity index (χ0) is 22.8. The third-order valence-corrected chi connectivity index (χ3v) is 5.42. The van der Waals surface area contributed by atoms with Gasteiger partial charge in [0.2, 0.25) is 0 Å². The standard InChI is InChI=1S/C26H34O5/c1-18(2)15-22(19-9-7-6-8-10-19)17-24(27)23-16-21(26(30-4)31-5)12-11-20(23)13-14-25(28)29-3/h6-12,16,18,22,26H,13-15,17H2,1-5H3. The molecule has 0 aliphatic heterocycles. The van der Waals surface area contributed by atoms with Crippen molar-refractivity contribution in [2.24, 2.45) is 5.92 Å². The minimum atomic E-state index is -0.554. The Morgan fingerprint density at radius 2 is 1.58 bits per heavy atom. The first-order valence-electron chi connectivity index (χ1n) is 10.7. The lowest BCUT2D eigenvalue weighted by atomic mass is 9.84. The highest BCUT2D eigenvalue weighted by Gasteiger charge is 2.22. The van der Waals surface area contributed by atoms with Gasteiger partial charge < -0.3 is 14.2 Å². The SMILES string of the molecule is COC(=O)CCc1ccc(C(OC)OC)cc1C(=O)CC(CC(C)C)c1ccccc1. The minimum Gasteiger partial charge on any atom is -0.469 e. The molecule has 0 bridgehead atoms. The number of aryl methyl sites for hydroxylation is 1. The number of esters is 1. The molecule has 0 aliphatic carbocycles. The van der Waals surface area contributed by atoms with Crippen molar-refractivity contribution >= 4 is 11.8 Å². The molecule has 5 heteroatoms. The van der Waals surface area contributed by atoms with Crippen molar-refractivity contribution < 1.29 is 23.8 Å². The summed E-state index contributed by atoms with van der Waals surface area (Å²) in [5, 5.41) is 0. The molecule has 168 valence electrons. The van der Waals surface area contributed by atoms with E-state index in [1.165, 1.54) is 12.7 Å². The number of carbonyl (C=O) groups is 2. The molecule has 2 aromatic rings. The van der Waals surface area contributed by atoms with Crippen LogP contribution in [0.2, 0.25) is 0 Å². The lowest BCUT2D eigenvalue weighted by molar-refractivity contribution is -0.140. The second-order valence-corrected chi connectivity index (χ2v) is 8.16. The van der Waals surface area contributed by atoms with Crippen LogP contribution in [-0.2, 0) is 25.4 Å². The number of rotatable bonds is 12. The average molecular weight is 427 g/mol. The lowest BCUT2D eigenvalue weighted by Gasteiger charge is -2.21. The maximum Gasteiger partial charge on any atom is 0.305 e. The molecular weight excluding hydrogens is 392 g/mol. The Kier molecular flexibility index (Phi) is 9.89. The second kappa shape index (κ2) is 12.4. The van der Waals surface area contributed by atoms with Crippen molar-refractivity contribution in [2.75, 3.05) is 21.3 Å². The van der Waals surface area contributed by atoms with Crippen molar-refractivity contribution in [2.45, 2.75) is 51.7 Å². The molecule has 5 nitrogen and oxygen atoms in total. The average Bonchev–Trinajstić information content (AvgIpc) is 2.78. The van der Waals surface area contributed by atoms with E-state index in [9.17, 15) is 9.59 Å². The van der Waals surface area contributed by atoms with Crippen LogP contribution in [-0.4, -0.2) is 33.1 Å². The fraction of sp³-hybridized carbons (Fsp3) is 0.462. The summed E-state index contributed by atoms with van der Waals surface area (Å²) in [6.07, 6.45) is 1.44. The first kappa shape index (κ1) is 24.8. The lowest BCUT2D eigenvalue weighted by Crippen LogP contribution is -2.14. The van der Waals surface area contributed by atoms with Gasteiger partial charge in [0.15, 0.2) is 12.1 Å². The van der Waals surface area contributed by atoms with Gasteiger partial charge in [0, 0.05) is 38.2 Å². The van der Waals surface area contributed by atoms with Crippen LogP contribution < -0.4 is 0 Å². The van der Waals surface area contributed by atoms with Gasteiger partial charge >= 0.3 is 5.97 Å². The van der Waals surface area contributed by atoms with E-state index in [2.05, 4.69) is 26.0 Å². The number of ether oxygens (including phenoxy) is 3. The summed E-state index contributed by atoms with van der Waals surface area (Å²) in [6, 6.07) is 15.8. The molecule has 2 rings (SSSR count). The van der Waals surface area contributed by atoms with Gasteiger partial charge in [-0.3, -0.25) is 9.59 Å². The molecule has 31 heavy (non-hydrogen) atoms. The second-order valence-electron chi connectivity index (χ2n) is 8.16. The molecule has 0 heterocycles. The van der Waals surface area contributed by atoms with Crippen LogP contribution in [0, 0.1) is 5.92 Å². The van der Waals surface area contributed by atoms with Gasteiger partial charge in [0.1, 0.15) is 0 Å². The maximum absolute atomic E-state index is 13.5. The number of hydrogen-bond acceptors (Lipinski definition) is 5.